The van der Waals surface area contributed by atoms with Crippen molar-refractivity contribution in [1.82, 2.24) is 0 Å². The van der Waals surface area contributed by atoms with Crippen molar-refractivity contribution in [3.8, 4) is 11.1 Å². The quantitative estimate of drug-likeness (QED) is 0.337. The third-order valence-electron chi connectivity index (χ3n) is 4.98. The molecule has 34 heavy (non-hydrogen) atoms. The standard InChI is InChI=1S/C24H18Cl2N2O4S2/c25-17-11-13-21(23(15-17)33(27,29)30)22-14-12-18(26)16-24(22)34(31,32)28(19-7-3-1-4-8-19)20-9-5-2-6-10-20/h1-16H,(H2,27,29,30). The van der Waals surface area contributed by atoms with Gasteiger partial charge >= 0.3 is 0 Å². The average molecular weight is 533 g/mol. The van der Waals surface area contributed by atoms with Crippen LogP contribution in [0.15, 0.2) is 107 Å². The summed E-state index contributed by atoms with van der Waals surface area (Å²) >= 11 is 12.2. The molecule has 0 fully saturated rings. The maximum absolute atomic E-state index is 14.2. The minimum absolute atomic E-state index is 0.0863. The molecule has 0 aliphatic heterocycles. The molecule has 6 nitrogen and oxygen atoms in total. The molecule has 4 aromatic carbocycles. The zero-order valence-electron chi connectivity index (χ0n) is 17.5. The van der Waals surface area contributed by atoms with Gasteiger partial charge in [0.05, 0.1) is 21.2 Å². The lowest BCUT2D eigenvalue weighted by Crippen LogP contribution is -2.27. The van der Waals surface area contributed by atoms with E-state index in [4.69, 9.17) is 28.3 Å². The molecule has 0 heterocycles. The van der Waals surface area contributed by atoms with E-state index in [0.717, 1.165) is 0 Å². The number of para-hydroxylation sites is 2. The zero-order valence-corrected chi connectivity index (χ0v) is 20.6. The Bertz CT molecular complexity index is 1520. The molecule has 174 valence electrons. The van der Waals surface area contributed by atoms with E-state index in [1.165, 1.54) is 40.7 Å². The number of benzene rings is 4. The van der Waals surface area contributed by atoms with Crippen molar-refractivity contribution in [3.05, 3.63) is 107 Å². The summed E-state index contributed by atoms with van der Waals surface area (Å²) in [6.07, 6.45) is 0. The second-order valence-corrected chi connectivity index (χ2v) is 11.4. The average Bonchev–Trinajstić information content (AvgIpc) is 2.80. The van der Waals surface area contributed by atoms with Gasteiger partial charge in [0.1, 0.15) is 0 Å². The predicted octanol–water partition coefficient (Wildman–Crippen LogP) is 5.83. The van der Waals surface area contributed by atoms with Crippen molar-refractivity contribution < 1.29 is 16.8 Å². The van der Waals surface area contributed by atoms with Crippen LogP contribution in [0.2, 0.25) is 10.0 Å². The molecule has 0 spiro atoms. The van der Waals surface area contributed by atoms with Crippen LogP contribution in [0.5, 0.6) is 0 Å². The van der Waals surface area contributed by atoms with E-state index in [1.807, 2.05) is 0 Å². The SMILES string of the molecule is NS(=O)(=O)c1cc(Cl)ccc1-c1ccc(Cl)cc1S(=O)(=O)N(c1ccccc1)c1ccccc1. The van der Waals surface area contributed by atoms with Crippen molar-refractivity contribution in [1.29, 1.82) is 0 Å². The minimum Gasteiger partial charge on any atom is -0.235 e. The molecule has 0 amide bonds. The van der Waals surface area contributed by atoms with Crippen LogP contribution in [-0.2, 0) is 20.0 Å². The topological polar surface area (TPSA) is 97.5 Å². The Morgan fingerprint density at radius 1 is 0.588 bits per heavy atom. The number of anilines is 2. The summed E-state index contributed by atoms with van der Waals surface area (Å²) in [6.45, 7) is 0. The minimum atomic E-state index is -4.30. The number of nitrogens with two attached hydrogens (primary N) is 1. The first-order valence-electron chi connectivity index (χ1n) is 9.87. The molecule has 0 atom stereocenters. The monoisotopic (exact) mass is 532 g/mol. The zero-order chi connectivity index (χ0) is 24.5. The molecular formula is C24H18Cl2N2O4S2. The largest absolute Gasteiger partial charge is 0.269 e. The van der Waals surface area contributed by atoms with E-state index in [9.17, 15) is 16.8 Å². The number of primary sulfonamides is 1. The number of sulfonamides is 2. The van der Waals surface area contributed by atoms with Crippen molar-refractivity contribution in [2.75, 3.05) is 4.31 Å². The molecule has 4 rings (SSSR count). The maximum Gasteiger partial charge on any atom is 0.269 e. The van der Waals surface area contributed by atoms with Crippen LogP contribution in [0.4, 0.5) is 11.4 Å². The fraction of sp³-hybridized carbons (Fsp3) is 0. The van der Waals surface area contributed by atoms with Crippen LogP contribution < -0.4 is 9.44 Å². The Balaban J connectivity index is 2.03. The maximum atomic E-state index is 14.2. The Morgan fingerprint density at radius 2 is 1.00 bits per heavy atom. The van der Waals surface area contributed by atoms with E-state index in [1.54, 1.807) is 60.7 Å². The molecule has 0 aliphatic carbocycles. The molecule has 4 aromatic rings. The molecule has 0 bridgehead atoms. The van der Waals surface area contributed by atoms with E-state index >= 15 is 0 Å². The lowest BCUT2D eigenvalue weighted by molar-refractivity contribution is 0.594. The van der Waals surface area contributed by atoms with Crippen LogP contribution in [0.1, 0.15) is 0 Å². The smallest absolute Gasteiger partial charge is 0.235 e. The number of halogens is 2. The van der Waals surface area contributed by atoms with Gasteiger partial charge in [-0.2, -0.15) is 0 Å². The van der Waals surface area contributed by atoms with Crippen LogP contribution in [0.25, 0.3) is 11.1 Å². The molecule has 2 N–H and O–H groups in total. The fourth-order valence-electron chi connectivity index (χ4n) is 3.54. The normalized spacial score (nSPS) is 11.9. The molecule has 0 unspecified atom stereocenters. The van der Waals surface area contributed by atoms with Crippen LogP contribution in [0.3, 0.4) is 0 Å². The van der Waals surface area contributed by atoms with Crippen LogP contribution >= 0.6 is 23.2 Å². The molecule has 0 saturated carbocycles. The number of rotatable bonds is 6. The van der Waals surface area contributed by atoms with E-state index < -0.39 is 20.0 Å². The first-order chi connectivity index (χ1) is 16.1. The fourth-order valence-corrected chi connectivity index (χ4v) is 6.51. The lowest BCUT2D eigenvalue weighted by Gasteiger charge is -2.26. The van der Waals surface area contributed by atoms with Gasteiger partial charge in [-0.05, 0) is 48.5 Å². The van der Waals surface area contributed by atoms with E-state index in [0.29, 0.717) is 11.4 Å². The first-order valence-corrected chi connectivity index (χ1v) is 13.6. The van der Waals surface area contributed by atoms with Crippen molar-refractivity contribution in [2.24, 2.45) is 5.14 Å². The van der Waals surface area contributed by atoms with Crippen molar-refractivity contribution in [2.45, 2.75) is 9.79 Å². The van der Waals surface area contributed by atoms with Gasteiger partial charge in [0.15, 0.2) is 0 Å². The third-order valence-corrected chi connectivity index (χ3v) is 8.20. The van der Waals surface area contributed by atoms with E-state index in [-0.39, 0.29) is 31.0 Å². The van der Waals surface area contributed by atoms with Gasteiger partial charge in [0.2, 0.25) is 10.0 Å². The van der Waals surface area contributed by atoms with Gasteiger partial charge in [0, 0.05) is 21.2 Å². The molecule has 10 heteroatoms. The second-order valence-electron chi connectivity index (χ2n) is 7.27. The summed E-state index contributed by atoms with van der Waals surface area (Å²) in [5, 5.41) is 5.72. The predicted molar refractivity (Wildman–Crippen MR) is 135 cm³/mol. The third kappa shape index (κ3) is 4.82. The van der Waals surface area contributed by atoms with Gasteiger partial charge in [-0.1, -0.05) is 71.7 Å². The van der Waals surface area contributed by atoms with Crippen molar-refractivity contribution >= 4 is 54.6 Å². The van der Waals surface area contributed by atoms with Crippen LogP contribution in [-0.4, -0.2) is 16.8 Å². The highest BCUT2D eigenvalue weighted by atomic mass is 35.5. The Kier molecular flexibility index (Phi) is 6.71. The second kappa shape index (κ2) is 9.40. The Morgan fingerprint density at radius 3 is 1.44 bits per heavy atom. The first kappa shape index (κ1) is 24.3. The number of nitrogens with zero attached hydrogens (tertiary/aromatic N) is 1. The highest BCUT2D eigenvalue weighted by molar-refractivity contribution is 7.93. The molecular weight excluding hydrogens is 515 g/mol. The van der Waals surface area contributed by atoms with Crippen molar-refractivity contribution in [3.63, 3.8) is 0 Å². The summed E-state index contributed by atoms with van der Waals surface area (Å²) in [5.74, 6) is 0. The van der Waals surface area contributed by atoms with E-state index in [2.05, 4.69) is 0 Å². The summed E-state index contributed by atoms with van der Waals surface area (Å²) in [7, 11) is -8.53. The van der Waals surface area contributed by atoms with Gasteiger partial charge < -0.3 is 0 Å². The molecule has 0 aromatic heterocycles. The number of hydrogen-bond donors (Lipinski definition) is 1. The van der Waals surface area contributed by atoms with Gasteiger partial charge in [-0.3, -0.25) is 0 Å². The summed E-state index contributed by atoms with van der Waals surface area (Å²) in [5.41, 5.74) is 0.981. The molecule has 0 aliphatic rings. The highest BCUT2D eigenvalue weighted by Crippen LogP contribution is 2.39. The van der Waals surface area contributed by atoms with Gasteiger partial charge in [-0.25, -0.2) is 26.3 Å². The Labute approximate surface area is 208 Å². The lowest BCUT2D eigenvalue weighted by atomic mass is 10.1. The highest BCUT2D eigenvalue weighted by Gasteiger charge is 2.31. The molecule has 0 radical (unpaired) electrons. The van der Waals surface area contributed by atoms with Gasteiger partial charge in [0.25, 0.3) is 10.0 Å². The summed E-state index contributed by atoms with van der Waals surface area (Å²) < 4.78 is 54.1. The summed E-state index contributed by atoms with van der Waals surface area (Å²) in [4.78, 5) is -0.496. The van der Waals surface area contributed by atoms with Gasteiger partial charge in [-0.15, -0.1) is 0 Å². The Hall–Kier alpha value is -2.88. The number of hydrogen-bond acceptors (Lipinski definition) is 4. The molecule has 0 saturated heterocycles. The van der Waals surface area contributed by atoms with Crippen LogP contribution in [0, 0.1) is 0 Å². The summed E-state index contributed by atoms with van der Waals surface area (Å²) in [6, 6.07) is 25.3.